The van der Waals surface area contributed by atoms with Gasteiger partial charge in [-0.15, -0.1) is 0 Å². The number of carboxylic acid groups (broad SMARTS) is 1. The number of hydrogen-bond donors (Lipinski definition) is 3. The van der Waals surface area contributed by atoms with Gasteiger partial charge in [-0.1, -0.05) is 65.7 Å². The summed E-state index contributed by atoms with van der Waals surface area (Å²) >= 11 is 11.5. The number of fused-ring (bicyclic) bond motifs is 2. The number of carbonyl (C=O) groups is 5. The number of ketones is 2. The van der Waals surface area contributed by atoms with Crippen LogP contribution in [0.4, 0.5) is 32.0 Å². The Morgan fingerprint density at radius 1 is 0.786 bits per heavy atom. The number of aromatic nitrogens is 1. The Labute approximate surface area is 322 Å². The molecular formula is C38H26Cl2F6N2O8. The van der Waals surface area contributed by atoms with Crippen LogP contribution in [-0.2, 0) is 44.3 Å². The molecule has 1 amide bonds. The Hall–Kier alpha value is -6.00. The number of pyridine rings is 1. The number of aromatic carboxylic acids is 1. The molecule has 18 heteroatoms. The number of nitrogens with one attached hydrogen (secondary N) is 1. The SMILES string of the molecule is CC(=O)OCC(=O)Cc1ccc(Cl)cc1.O=C(O)c1c(O)c(Cc2ccc(Cl)cc2)nc2c(C(F)(F)F)cccc12.O=C1Nc2c(cccc2C(F)(F)F)C1=O. The number of carbonyl (C=O) groups excluding carboxylic acids is 4. The van der Waals surface area contributed by atoms with Gasteiger partial charge in [-0.05, 0) is 53.6 Å². The summed E-state index contributed by atoms with van der Waals surface area (Å²) in [6.07, 6.45) is -9.09. The van der Waals surface area contributed by atoms with Gasteiger partial charge in [0.05, 0.1) is 33.6 Å². The standard InChI is InChI=1S/C18H11ClF3NO3.C11H11ClO3.C9H4F3NO2/c19-10-6-4-9(5-7-10)8-13-16(24)14(17(25)26)11-2-1-3-12(15(11)23-13)18(20,21)22;1-8(13)15-7-11(14)6-9-2-4-10(12)5-3-9;10-9(11,12)5-3-1-2-4-6(5)13-8(15)7(4)14/h1-7,24H,8H2,(H,25,26);2-5H,6-7H2,1H3;1-3H,(H,13,14,15). The Balaban J connectivity index is 0.000000199. The van der Waals surface area contributed by atoms with Gasteiger partial charge in [0.15, 0.2) is 11.5 Å². The average Bonchev–Trinajstić information content (AvgIpc) is 3.41. The number of hydrogen-bond acceptors (Lipinski definition) is 8. The number of aromatic hydroxyl groups is 1. The molecule has 0 fully saturated rings. The number of halogens is 8. The number of esters is 1. The van der Waals surface area contributed by atoms with Crippen LogP contribution in [0.25, 0.3) is 10.9 Å². The minimum absolute atomic E-state index is 0.0502. The van der Waals surface area contributed by atoms with E-state index in [9.17, 15) is 60.5 Å². The number of nitrogens with zero attached hydrogens (tertiary/aromatic N) is 1. The predicted molar refractivity (Wildman–Crippen MR) is 191 cm³/mol. The molecule has 0 aliphatic carbocycles. The lowest BCUT2D eigenvalue weighted by Crippen LogP contribution is -2.13. The molecule has 0 atom stereocenters. The Morgan fingerprint density at radius 3 is 1.86 bits per heavy atom. The van der Waals surface area contributed by atoms with Crippen molar-refractivity contribution < 1.29 is 65.3 Å². The fourth-order valence-corrected chi connectivity index (χ4v) is 5.41. The second kappa shape index (κ2) is 17.6. The molecule has 0 bridgehead atoms. The minimum atomic E-state index is -4.71. The first-order valence-electron chi connectivity index (χ1n) is 15.8. The van der Waals surface area contributed by atoms with Gasteiger partial charge >= 0.3 is 24.3 Å². The predicted octanol–water partition coefficient (Wildman–Crippen LogP) is 8.76. The van der Waals surface area contributed by atoms with Crippen LogP contribution < -0.4 is 5.32 Å². The van der Waals surface area contributed by atoms with Crippen molar-refractivity contribution in [3.63, 3.8) is 0 Å². The second-order valence-electron chi connectivity index (χ2n) is 11.7. The number of anilines is 1. The van der Waals surface area contributed by atoms with Gasteiger partial charge in [-0.25, -0.2) is 9.78 Å². The van der Waals surface area contributed by atoms with E-state index >= 15 is 0 Å². The maximum Gasteiger partial charge on any atom is 0.418 e. The maximum absolute atomic E-state index is 13.3. The van der Waals surface area contributed by atoms with E-state index in [0.29, 0.717) is 15.6 Å². The van der Waals surface area contributed by atoms with E-state index in [1.54, 1.807) is 48.5 Å². The van der Waals surface area contributed by atoms with Crippen LogP contribution in [0.1, 0.15) is 55.6 Å². The topological polar surface area (TPSA) is 160 Å². The number of amides is 1. The zero-order chi connectivity index (χ0) is 41.5. The summed E-state index contributed by atoms with van der Waals surface area (Å²) in [4.78, 5) is 59.2. The first kappa shape index (κ1) is 42.7. The van der Waals surface area contributed by atoms with Crippen molar-refractivity contribution in [2.24, 2.45) is 0 Å². The smallest absolute Gasteiger partial charge is 0.418 e. The number of para-hydroxylation sites is 2. The van der Waals surface area contributed by atoms with Crippen LogP contribution in [0.5, 0.6) is 5.75 Å². The molecule has 1 aromatic heterocycles. The molecular weight excluding hydrogens is 797 g/mol. The molecule has 1 aliphatic heterocycles. The van der Waals surface area contributed by atoms with Crippen molar-refractivity contribution in [3.05, 3.63) is 134 Å². The molecule has 0 radical (unpaired) electrons. The van der Waals surface area contributed by atoms with Gasteiger partial charge in [-0.2, -0.15) is 26.3 Å². The van der Waals surface area contributed by atoms with Crippen molar-refractivity contribution in [1.82, 2.24) is 4.98 Å². The monoisotopic (exact) mass is 822 g/mol. The molecule has 2 heterocycles. The van der Waals surface area contributed by atoms with Gasteiger partial charge in [0.1, 0.15) is 12.2 Å². The van der Waals surface area contributed by atoms with Gasteiger partial charge < -0.3 is 20.3 Å². The lowest BCUT2D eigenvalue weighted by molar-refractivity contribution is -0.145. The maximum atomic E-state index is 13.3. The zero-order valence-electron chi connectivity index (χ0n) is 28.5. The highest BCUT2D eigenvalue weighted by Crippen LogP contribution is 2.40. The molecule has 0 saturated carbocycles. The summed E-state index contributed by atoms with van der Waals surface area (Å²) in [7, 11) is 0. The molecule has 6 rings (SSSR count). The van der Waals surface area contributed by atoms with Crippen molar-refractivity contribution in [2.45, 2.75) is 32.1 Å². The van der Waals surface area contributed by atoms with Crippen molar-refractivity contribution in [2.75, 3.05) is 11.9 Å². The summed E-state index contributed by atoms with van der Waals surface area (Å²) in [5.41, 5.74) is -2.55. The van der Waals surface area contributed by atoms with E-state index in [0.717, 1.165) is 29.8 Å². The third-order valence-corrected chi connectivity index (χ3v) is 8.18. The molecule has 10 nitrogen and oxygen atoms in total. The molecule has 1 aliphatic rings. The van der Waals surface area contributed by atoms with Crippen LogP contribution in [0.3, 0.4) is 0 Å². The van der Waals surface area contributed by atoms with Crippen molar-refractivity contribution >= 4 is 69.2 Å². The fourth-order valence-electron chi connectivity index (χ4n) is 5.16. The molecule has 0 saturated heterocycles. The summed E-state index contributed by atoms with van der Waals surface area (Å²) in [6.45, 7) is 1.10. The highest BCUT2D eigenvalue weighted by atomic mass is 35.5. The third kappa shape index (κ3) is 10.8. The number of rotatable bonds is 7. The molecule has 3 N–H and O–H groups in total. The normalized spacial score (nSPS) is 12.1. The van der Waals surface area contributed by atoms with E-state index in [-0.39, 0.29) is 41.9 Å². The number of alkyl halides is 6. The Bertz CT molecular complexity index is 2310. The van der Waals surface area contributed by atoms with Crippen LogP contribution in [-0.4, -0.2) is 51.2 Å². The van der Waals surface area contributed by atoms with E-state index in [2.05, 4.69) is 9.72 Å². The molecule has 292 valence electrons. The molecule has 5 aromatic rings. The van der Waals surface area contributed by atoms with Crippen molar-refractivity contribution in [1.29, 1.82) is 0 Å². The highest BCUT2D eigenvalue weighted by Gasteiger charge is 2.40. The summed E-state index contributed by atoms with van der Waals surface area (Å²) in [5.74, 6) is -4.73. The zero-order valence-corrected chi connectivity index (χ0v) is 30.0. The van der Waals surface area contributed by atoms with Crippen LogP contribution in [0.2, 0.25) is 10.0 Å². The van der Waals surface area contributed by atoms with Crippen LogP contribution in [0, 0.1) is 0 Å². The average molecular weight is 824 g/mol. The molecule has 56 heavy (non-hydrogen) atoms. The second-order valence-corrected chi connectivity index (χ2v) is 12.6. The van der Waals surface area contributed by atoms with E-state index in [4.69, 9.17) is 23.2 Å². The largest absolute Gasteiger partial charge is 0.505 e. The molecule has 0 spiro atoms. The molecule has 0 unspecified atom stereocenters. The number of carboxylic acids is 1. The summed E-state index contributed by atoms with van der Waals surface area (Å²) < 4.78 is 81.8. The Kier molecular flexibility index (Phi) is 13.5. The first-order chi connectivity index (χ1) is 26.2. The summed E-state index contributed by atoms with van der Waals surface area (Å²) in [6, 6.07) is 19.6. The minimum Gasteiger partial charge on any atom is -0.505 e. The number of benzene rings is 4. The molecule has 4 aromatic carbocycles. The van der Waals surface area contributed by atoms with Gasteiger partial charge in [0.25, 0.3) is 11.7 Å². The van der Waals surface area contributed by atoms with Crippen molar-refractivity contribution in [3.8, 4) is 5.75 Å². The van der Waals surface area contributed by atoms with E-state index < -0.39 is 69.6 Å². The van der Waals surface area contributed by atoms with Crippen LogP contribution >= 0.6 is 23.2 Å². The van der Waals surface area contributed by atoms with Gasteiger partial charge in [0, 0.05) is 35.2 Å². The summed E-state index contributed by atoms with van der Waals surface area (Å²) in [5, 5.41) is 22.5. The highest BCUT2D eigenvalue weighted by molar-refractivity contribution is 6.51. The Morgan fingerprint density at radius 2 is 1.32 bits per heavy atom. The number of Topliss-reactive ketones (excluding diaryl/α,β-unsaturated/α-hetero) is 2. The quantitative estimate of drug-likeness (QED) is 0.0829. The van der Waals surface area contributed by atoms with E-state index in [1.165, 1.54) is 19.1 Å². The fraction of sp³-hybridized carbons (Fsp3) is 0.158. The first-order valence-corrected chi connectivity index (χ1v) is 16.6. The van der Waals surface area contributed by atoms with Gasteiger partial charge in [-0.3, -0.25) is 19.2 Å². The van der Waals surface area contributed by atoms with Gasteiger partial charge in [0.2, 0.25) is 0 Å². The van der Waals surface area contributed by atoms with E-state index in [1.807, 2.05) is 5.32 Å². The lowest BCUT2D eigenvalue weighted by Gasteiger charge is -2.14. The number of ether oxygens (including phenoxy) is 1. The third-order valence-electron chi connectivity index (χ3n) is 7.68. The van der Waals surface area contributed by atoms with Crippen LogP contribution in [0.15, 0.2) is 84.9 Å². The lowest BCUT2D eigenvalue weighted by atomic mass is 10.00.